The Kier molecular flexibility index (Phi) is 11.8. The van der Waals surface area contributed by atoms with Crippen molar-refractivity contribution in [3.05, 3.63) is 57.1 Å². The van der Waals surface area contributed by atoms with Crippen LogP contribution in [0.5, 0.6) is 11.5 Å². The SMILES string of the molecule is CC(=O)OC(CCCNC1CC(O[I-]C2CC(O)(C(=O)CO)Cc3c(O)c4c(c(O)c32)C(=O)c2c(C)cccc2C4=O)OC(C)C1O)OC(C)=O. The van der Waals surface area contributed by atoms with Crippen LogP contribution in [0, 0.1) is 6.92 Å². The normalized spacial score (nSPS) is 25.6. The third kappa shape index (κ3) is 7.81. The Hall–Kier alpha value is -3.52. The molecular weight excluding hydrogens is 785 g/mol. The molecule has 278 valence electrons. The number of aryl methyl sites for hydroxylation is 1. The first-order valence-electron chi connectivity index (χ1n) is 16.4. The van der Waals surface area contributed by atoms with Crippen LogP contribution in [0.3, 0.4) is 0 Å². The zero-order valence-electron chi connectivity index (χ0n) is 28.4. The van der Waals surface area contributed by atoms with Gasteiger partial charge in [0.15, 0.2) is 0 Å². The average Bonchev–Trinajstić information content (AvgIpc) is 3.06. The molecule has 1 fully saturated rings. The number of phenolic OH excluding ortho intramolecular Hbond substituents is 2. The van der Waals surface area contributed by atoms with Gasteiger partial charge in [-0.25, -0.2) is 0 Å². The van der Waals surface area contributed by atoms with Crippen LogP contribution in [-0.4, -0.2) is 104 Å². The van der Waals surface area contributed by atoms with Crippen LogP contribution in [0.2, 0.25) is 0 Å². The number of ketones is 3. The van der Waals surface area contributed by atoms with Crippen molar-refractivity contribution < 1.29 is 88.4 Å². The van der Waals surface area contributed by atoms with E-state index in [0.29, 0.717) is 18.5 Å². The van der Waals surface area contributed by atoms with E-state index >= 15 is 0 Å². The molecule has 2 aromatic carbocycles. The number of phenols is 2. The Balaban J connectivity index is 1.38. The predicted molar refractivity (Wildman–Crippen MR) is 170 cm³/mol. The summed E-state index contributed by atoms with van der Waals surface area (Å²) in [4.78, 5) is 63.0. The van der Waals surface area contributed by atoms with Crippen molar-refractivity contribution in [2.24, 2.45) is 0 Å². The number of aliphatic hydroxyl groups excluding tert-OH is 2. The molecule has 0 amide bonds. The third-order valence-corrected chi connectivity index (χ3v) is 11.9. The van der Waals surface area contributed by atoms with E-state index in [1.807, 2.05) is 0 Å². The van der Waals surface area contributed by atoms with Gasteiger partial charge in [0.05, 0.1) is 0 Å². The number of Topliss-reactive ketones (excluding diaryl/α,β-unsaturated/α-hetero) is 1. The van der Waals surface area contributed by atoms with Crippen molar-refractivity contribution >= 4 is 29.3 Å². The van der Waals surface area contributed by atoms with Crippen molar-refractivity contribution in [2.75, 3.05) is 13.2 Å². The van der Waals surface area contributed by atoms with E-state index in [1.165, 1.54) is 19.9 Å². The molecule has 16 heteroatoms. The Labute approximate surface area is 304 Å². The number of ether oxygens (including phenoxy) is 3. The van der Waals surface area contributed by atoms with Crippen molar-refractivity contribution in [3.63, 3.8) is 0 Å². The summed E-state index contributed by atoms with van der Waals surface area (Å²) in [5.41, 5.74) is -2.34. The number of hydrogen-bond donors (Lipinski definition) is 6. The first kappa shape index (κ1) is 38.7. The van der Waals surface area contributed by atoms with Crippen LogP contribution in [0.25, 0.3) is 0 Å². The first-order valence-corrected chi connectivity index (χ1v) is 18.6. The molecular formula is C35H41INO14-. The maximum atomic E-state index is 13.8. The molecule has 2 aromatic rings. The van der Waals surface area contributed by atoms with Crippen LogP contribution in [-0.2, 0) is 38.1 Å². The molecule has 5 rings (SSSR count). The van der Waals surface area contributed by atoms with Crippen molar-refractivity contribution in [2.45, 2.75) is 100 Å². The van der Waals surface area contributed by atoms with Crippen LogP contribution in [0.15, 0.2) is 18.2 Å². The molecule has 2 aliphatic carbocycles. The van der Waals surface area contributed by atoms with Gasteiger partial charge in [-0.2, -0.15) is 0 Å². The summed E-state index contributed by atoms with van der Waals surface area (Å²) in [6.45, 7) is 5.04. The van der Waals surface area contributed by atoms with Gasteiger partial charge in [-0.15, -0.1) is 0 Å². The Morgan fingerprint density at radius 3 is 2.37 bits per heavy atom. The minimum atomic E-state index is -2.18. The Morgan fingerprint density at radius 2 is 1.73 bits per heavy atom. The second kappa shape index (κ2) is 15.6. The van der Waals surface area contributed by atoms with Crippen LogP contribution in [0.4, 0.5) is 0 Å². The van der Waals surface area contributed by atoms with Gasteiger partial charge in [0, 0.05) is 0 Å². The van der Waals surface area contributed by atoms with E-state index in [9.17, 15) is 49.5 Å². The maximum absolute atomic E-state index is 13.8. The second-order valence-electron chi connectivity index (χ2n) is 13.0. The van der Waals surface area contributed by atoms with Crippen molar-refractivity contribution in [3.8, 4) is 11.5 Å². The number of alkyl halides is 1. The third-order valence-electron chi connectivity index (χ3n) is 9.33. The summed E-state index contributed by atoms with van der Waals surface area (Å²) in [5, 5.41) is 58.4. The fraction of sp³-hybridized carbons (Fsp3) is 0.514. The van der Waals surface area contributed by atoms with E-state index in [2.05, 4.69) is 5.32 Å². The van der Waals surface area contributed by atoms with Crippen LogP contribution >= 0.6 is 0 Å². The summed E-state index contributed by atoms with van der Waals surface area (Å²) >= 11 is -1.62. The van der Waals surface area contributed by atoms with Gasteiger partial charge in [-0.05, 0) is 0 Å². The fourth-order valence-corrected chi connectivity index (χ4v) is 9.71. The average molecular weight is 827 g/mol. The van der Waals surface area contributed by atoms with Gasteiger partial charge in [-0.1, -0.05) is 0 Å². The molecule has 1 aliphatic heterocycles. The minimum absolute atomic E-state index is 0.0505. The van der Waals surface area contributed by atoms with E-state index < -0.39 is 121 Å². The summed E-state index contributed by atoms with van der Waals surface area (Å²) in [5.74, 6) is -4.67. The molecule has 1 heterocycles. The second-order valence-corrected chi connectivity index (χ2v) is 15.5. The summed E-state index contributed by atoms with van der Waals surface area (Å²) in [6, 6.07) is 4.17. The molecule has 15 nitrogen and oxygen atoms in total. The number of hydrogen-bond acceptors (Lipinski definition) is 15. The van der Waals surface area contributed by atoms with E-state index in [0.717, 1.165) is 0 Å². The molecule has 51 heavy (non-hydrogen) atoms. The van der Waals surface area contributed by atoms with Crippen molar-refractivity contribution in [1.29, 1.82) is 0 Å². The molecule has 1 saturated heterocycles. The number of nitrogens with one attached hydrogen (secondary N) is 1. The molecule has 0 saturated carbocycles. The van der Waals surface area contributed by atoms with E-state index in [4.69, 9.17) is 17.3 Å². The predicted octanol–water partition coefficient (Wildman–Crippen LogP) is -1.83. The van der Waals surface area contributed by atoms with E-state index in [1.54, 1.807) is 26.0 Å². The quantitative estimate of drug-likeness (QED) is 0.0294. The Morgan fingerprint density at radius 1 is 1.06 bits per heavy atom. The van der Waals surface area contributed by atoms with Gasteiger partial charge in [-0.3, -0.25) is 0 Å². The summed E-state index contributed by atoms with van der Waals surface area (Å²) in [6.07, 6.45) is -3.62. The fourth-order valence-electron chi connectivity index (χ4n) is 6.87. The number of carbonyl (C=O) groups excluding carboxylic acids is 5. The monoisotopic (exact) mass is 826 g/mol. The van der Waals surface area contributed by atoms with Crippen LogP contribution in [0.1, 0.15) is 98.9 Å². The summed E-state index contributed by atoms with van der Waals surface area (Å²) in [7, 11) is 0. The molecule has 6 N–H and O–H groups in total. The molecule has 3 aliphatic rings. The van der Waals surface area contributed by atoms with Crippen LogP contribution < -0.4 is 26.9 Å². The number of esters is 2. The van der Waals surface area contributed by atoms with Crippen molar-refractivity contribution in [1.82, 2.24) is 5.32 Å². The summed E-state index contributed by atoms with van der Waals surface area (Å²) < 4.78 is 21.3. The van der Waals surface area contributed by atoms with Gasteiger partial charge in [0.2, 0.25) is 0 Å². The molecule has 0 radical (unpaired) electrons. The molecule has 6 atom stereocenters. The Bertz CT molecular complexity index is 1730. The number of benzene rings is 2. The van der Waals surface area contributed by atoms with E-state index in [-0.39, 0.29) is 47.1 Å². The number of aromatic hydroxyl groups is 2. The molecule has 0 spiro atoms. The molecule has 0 aromatic heterocycles. The van der Waals surface area contributed by atoms with Gasteiger partial charge in [0.1, 0.15) is 0 Å². The van der Waals surface area contributed by atoms with Gasteiger partial charge < -0.3 is 0 Å². The number of carbonyl (C=O) groups is 5. The first-order chi connectivity index (χ1) is 24.1. The zero-order chi connectivity index (χ0) is 37.4. The standard InChI is InChI=1S/C35H41INO14/c1-15-7-5-8-19-26(15)33(45)29-28(31(19)43)32(44)20-12-35(47,23(41)14-38)13-21(27(20)34(29)46)36-51-25-11-22(30(42)16(2)48-25)37-10-6-9-24(49-17(3)39)50-18(4)40/h5,7-8,16,21-22,24-25,30,37-38,42,44,46-47H,6,9-14H2,1-4H3/q-1. The number of aliphatic hydroxyl groups is 3. The van der Waals surface area contributed by atoms with Gasteiger partial charge in [0.25, 0.3) is 0 Å². The number of fused-ring (bicyclic) bond motifs is 3. The topological polar surface area (TPSA) is 235 Å². The zero-order valence-corrected chi connectivity index (χ0v) is 30.6. The molecule has 6 unspecified atom stereocenters. The number of halogens is 1. The molecule has 0 bridgehead atoms. The number of rotatable bonds is 12. The van der Waals surface area contributed by atoms with Gasteiger partial charge >= 0.3 is 305 Å².